The number of methoxy groups -OCH3 is 1. The van der Waals surface area contributed by atoms with Gasteiger partial charge in [-0.25, -0.2) is 4.39 Å². The zero-order chi connectivity index (χ0) is 13.9. The predicted molar refractivity (Wildman–Crippen MR) is 70.9 cm³/mol. The van der Waals surface area contributed by atoms with E-state index in [2.05, 4.69) is 0 Å². The number of hydrogen-bond donors (Lipinski definition) is 1. The van der Waals surface area contributed by atoms with Gasteiger partial charge in [-0.05, 0) is 23.5 Å². The van der Waals surface area contributed by atoms with Crippen LogP contribution in [0.15, 0.2) is 12.1 Å². The molecule has 0 bridgehead atoms. The van der Waals surface area contributed by atoms with Crippen LogP contribution in [-0.4, -0.2) is 26.4 Å². The van der Waals surface area contributed by atoms with E-state index in [1.807, 2.05) is 20.8 Å². The van der Waals surface area contributed by atoms with Gasteiger partial charge in [-0.15, -0.1) is 0 Å². The SMILES string of the molecule is CCC(C)(C)c1cc(F)c(OC)c(B(O)OC)c1. The van der Waals surface area contributed by atoms with Crippen LogP contribution in [0, 0.1) is 5.82 Å². The van der Waals surface area contributed by atoms with Crippen molar-refractivity contribution in [2.24, 2.45) is 0 Å². The Morgan fingerprint density at radius 3 is 2.39 bits per heavy atom. The smallest absolute Gasteiger partial charge is 0.494 e. The van der Waals surface area contributed by atoms with Crippen molar-refractivity contribution in [1.82, 2.24) is 0 Å². The molecule has 0 aliphatic rings. The molecule has 1 aromatic rings. The van der Waals surface area contributed by atoms with Crippen molar-refractivity contribution in [3.05, 3.63) is 23.5 Å². The van der Waals surface area contributed by atoms with Crippen LogP contribution in [0.5, 0.6) is 5.75 Å². The maximum absolute atomic E-state index is 14.0. The Hall–Kier alpha value is -1.07. The maximum atomic E-state index is 14.0. The number of rotatable bonds is 5. The molecule has 0 spiro atoms. The summed E-state index contributed by atoms with van der Waals surface area (Å²) in [7, 11) is 1.54. The fraction of sp³-hybridized carbons (Fsp3) is 0.538. The van der Waals surface area contributed by atoms with Gasteiger partial charge in [0.25, 0.3) is 0 Å². The molecule has 0 aliphatic carbocycles. The molecule has 3 nitrogen and oxygen atoms in total. The first-order valence-corrected chi connectivity index (χ1v) is 5.96. The first-order chi connectivity index (χ1) is 8.37. The lowest BCUT2D eigenvalue weighted by molar-refractivity contribution is 0.336. The van der Waals surface area contributed by atoms with E-state index in [9.17, 15) is 9.41 Å². The molecule has 0 atom stereocenters. The summed E-state index contributed by atoms with van der Waals surface area (Å²) < 4.78 is 23.8. The molecule has 1 N–H and O–H groups in total. The molecule has 0 radical (unpaired) electrons. The van der Waals surface area contributed by atoms with E-state index >= 15 is 0 Å². The topological polar surface area (TPSA) is 38.7 Å². The standard InChI is InChI=1S/C13H20BFO3/c1-6-13(2,3)9-7-10(14(16)18-5)12(17-4)11(15)8-9/h7-8,16H,6H2,1-5H3. The van der Waals surface area contributed by atoms with Gasteiger partial charge in [0.2, 0.25) is 0 Å². The summed E-state index contributed by atoms with van der Waals surface area (Å²) in [6.45, 7) is 6.09. The Morgan fingerprint density at radius 1 is 1.33 bits per heavy atom. The van der Waals surface area contributed by atoms with Crippen LogP contribution in [0.3, 0.4) is 0 Å². The van der Waals surface area contributed by atoms with Crippen LogP contribution in [0.1, 0.15) is 32.8 Å². The van der Waals surface area contributed by atoms with E-state index in [1.54, 1.807) is 6.07 Å². The fourth-order valence-electron chi connectivity index (χ4n) is 1.74. The molecule has 1 aromatic carbocycles. The Kier molecular flexibility index (Phi) is 4.76. The second-order valence-electron chi connectivity index (χ2n) is 4.91. The van der Waals surface area contributed by atoms with E-state index in [1.165, 1.54) is 20.3 Å². The Morgan fingerprint density at radius 2 is 1.94 bits per heavy atom. The van der Waals surface area contributed by atoms with Crippen molar-refractivity contribution in [3.63, 3.8) is 0 Å². The maximum Gasteiger partial charge on any atom is 0.494 e. The third-order valence-electron chi connectivity index (χ3n) is 3.43. The molecular weight excluding hydrogens is 234 g/mol. The van der Waals surface area contributed by atoms with E-state index in [4.69, 9.17) is 9.39 Å². The number of ether oxygens (including phenoxy) is 1. The average Bonchev–Trinajstić information content (AvgIpc) is 2.36. The van der Waals surface area contributed by atoms with Crippen molar-refractivity contribution in [1.29, 1.82) is 0 Å². The van der Waals surface area contributed by atoms with Crippen LogP contribution >= 0.6 is 0 Å². The molecule has 5 heteroatoms. The first kappa shape index (κ1) is 15.0. The molecule has 100 valence electrons. The van der Waals surface area contributed by atoms with Gasteiger partial charge in [0.15, 0.2) is 11.6 Å². The van der Waals surface area contributed by atoms with Crippen LogP contribution in [0.25, 0.3) is 0 Å². The van der Waals surface area contributed by atoms with Crippen molar-refractivity contribution in [3.8, 4) is 5.75 Å². The summed E-state index contributed by atoms with van der Waals surface area (Å²) in [5.41, 5.74) is 0.959. The summed E-state index contributed by atoms with van der Waals surface area (Å²) in [6, 6.07) is 3.19. The average molecular weight is 254 g/mol. The minimum Gasteiger partial charge on any atom is -0.494 e. The first-order valence-electron chi connectivity index (χ1n) is 5.96. The number of halogens is 1. The Balaban J connectivity index is 3.39. The van der Waals surface area contributed by atoms with Crippen molar-refractivity contribution in [2.45, 2.75) is 32.6 Å². The van der Waals surface area contributed by atoms with Crippen molar-refractivity contribution >= 4 is 12.6 Å². The van der Waals surface area contributed by atoms with Crippen LogP contribution in [0.4, 0.5) is 4.39 Å². The molecule has 0 amide bonds. The fourth-order valence-corrected chi connectivity index (χ4v) is 1.74. The zero-order valence-corrected chi connectivity index (χ0v) is 11.6. The monoisotopic (exact) mass is 254 g/mol. The van der Waals surface area contributed by atoms with Gasteiger partial charge in [0.05, 0.1) is 7.11 Å². The molecule has 0 aromatic heterocycles. The number of hydrogen-bond acceptors (Lipinski definition) is 3. The van der Waals surface area contributed by atoms with Gasteiger partial charge < -0.3 is 14.4 Å². The molecular formula is C13H20BFO3. The lowest BCUT2D eigenvalue weighted by Crippen LogP contribution is -2.35. The quantitative estimate of drug-likeness (QED) is 0.815. The lowest BCUT2D eigenvalue weighted by Gasteiger charge is -2.25. The van der Waals surface area contributed by atoms with Crippen LogP contribution < -0.4 is 10.2 Å². The highest BCUT2D eigenvalue weighted by Gasteiger charge is 2.27. The van der Waals surface area contributed by atoms with E-state index in [0.717, 1.165) is 12.0 Å². The molecule has 0 unspecified atom stereocenters. The molecule has 0 fully saturated rings. The van der Waals surface area contributed by atoms with Gasteiger partial charge in [-0.2, -0.15) is 0 Å². The van der Waals surface area contributed by atoms with E-state index in [-0.39, 0.29) is 11.2 Å². The predicted octanol–water partition coefficient (Wildman–Crippen LogP) is 1.86. The minimum absolute atomic E-state index is 0.0278. The molecule has 0 saturated carbocycles. The third kappa shape index (κ3) is 2.84. The molecule has 0 heterocycles. The lowest BCUT2D eigenvalue weighted by atomic mass is 9.73. The van der Waals surface area contributed by atoms with Crippen LogP contribution in [-0.2, 0) is 10.1 Å². The second kappa shape index (κ2) is 5.72. The molecule has 0 aliphatic heterocycles. The molecule has 0 saturated heterocycles. The second-order valence-corrected chi connectivity index (χ2v) is 4.91. The van der Waals surface area contributed by atoms with Gasteiger partial charge >= 0.3 is 7.12 Å². The Bertz CT molecular complexity index is 421. The van der Waals surface area contributed by atoms with Crippen molar-refractivity contribution < 1.29 is 18.8 Å². The van der Waals surface area contributed by atoms with Crippen molar-refractivity contribution in [2.75, 3.05) is 14.2 Å². The summed E-state index contributed by atoms with van der Waals surface area (Å²) in [5.74, 6) is -0.456. The zero-order valence-electron chi connectivity index (χ0n) is 11.6. The summed E-state index contributed by atoms with van der Waals surface area (Å²) in [4.78, 5) is 0. The Labute approximate surface area is 108 Å². The van der Waals surface area contributed by atoms with Crippen LogP contribution in [0.2, 0.25) is 0 Å². The third-order valence-corrected chi connectivity index (χ3v) is 3.43. The van der Waals surface area contributed by atoms with Gasteiger partial charge in [-0.1, -0.05) is 26.8 Å². The highest BCUT2D eigenvalue weighted by Crippen LogP contribution is 2.29. The highest BCUT2D eigenvalue weighted by atomic mass is 19.1. The summed E-state index contributed by atoms with van der Waals surface area (Å²) >= 11 is 0. The summed E-state index contributed by atoms with van der Waals surface area (Å²) in [5, 5.41) is 9.76. The minimum atomic E-state index is -1.19. The molecule has 18 heavy (non-hydrogen) atoms. The van der Waals surface area contributed by atoms with Gasteiger partial charge in [-0.3, -0.25) is 0 Å². The molecule has 1 rings (SSSR count). The highest BCUT2D eigenvalue weighted by molar-refractivity contribution is 6.61. The van der Waals surface area contributed by atoms with Gasteiger partial charge in [0, 0.05) is 12.6 Å². The number of benzene rings is 1. The summed E-state index contributed by atoms with van der Waals surface area (Å²) in [6.07, 6.45) is 0.862. The largest absolute Gasteiger partial charge is 0.494 e. The van der Waals surface area contributed by atoms with Gasteiger partial charge in [0.1, 0.15) is 0 Å². The van der Waals surface area contributed by atoms with E-state index < -0.39 is 12.9 Å². The normalized spacial score (nSPS) is 11.5. The van der Waals surface area contributed by atoms with E-state index in [0.29, 0.717) is 5.46 Å².